The molecule has 1 heterocycles. The van der Waals surface area contributed by atoms with E-state index in [4.69, 9.17) is 33.7 Å². The van der Waals surface area contributed by atoms with Crippen molar-refractivity contribution in [3.8, 4) is 0 Å². The summed E-state index contributed by atoms with van der Waals surface area (Å²) in [5.41, 5.74) is 5.54. The van der Waals surface area contributed by atoms with Crippen molar-refractivity contribution in [3.05, 3.63) is 69.7 Å². The number of amides is 2. The van der Waals surface area contributed by atoms with Crippen LogP contribution >= 0.6 is 23.2 Å². The van der Waals surface area contributed by atoms with Crippen LogP contribution in [0.15, 0.2) is 48.5 Å². The largest absolute Gasteiger partial charge is 0.481 e. The molecule has 37 heavy (non-hydrogen) atoms. The maximum absolute atomic E-state index is 13.8. The number of aliphatic carboxylic acids is 1. The third kappa shape index (κ3) is 5.95. The van der Waals surface area contributed by atoms with Crippen molar-refractivity contribution in [2.75, 3.05) is 13.2 Å². The fraction of sp³-hybridized carbons (Fsp3) is 0.464. The number of rotatable bonds is 11. The molecule has 2 fully saturated rings. The first-order valence-corrected chi connectivity index (χ1v) is 13.2. The van der Waals surface area contributed by atoms with Gasteiger partial charge in [0.15, 0.2) is 0 Å². The van der Waals surface area contributed by atoms with Crippen molar-refractivity contribution in [3.63, 3.8) is 0 Å². The SMILES string of the molecule is C[C@@H](CCOCC1(C(N)=O)CC1)[C@@]1(CC(=O)O)C[C@H](c2cccc(Cl)c2)[C@@H](c2ccc(Cl)cc2)NC1=O. The van der Waals surface area contributed by atoms with Gasteiger partial charge in [-0.05, 0) is 67.0 Å². The van der Waals surface area contributed by atoms with E-state index in [1.54, 1.807) is 18.2 Å². The number of carboxylic acids is 1. The number of piperidine rings is 1. The summed E-state index contributed by atoms with van der Waals surface area (Å²) in [5, 5.41) is 14.2. The van der Waals surface area contributed by atoms with Crippen molar-refractivity contribution in [2.45, 2.75) is 51.0 Å². The number of benzene rings is 2. The standard InChI is InChI=1S/C28H32Cl2N2O5/c1-17(9-12-37-16-27(10-11-27)25(31)35)28(15-23(33)34)14-22(19-3-2-4-21(30)13-19)24(32-26(28)36)18-5-7-20(29)8-6-18/h2-8,13,17,22,24H,9-12,14-16H2,1H3,(H2,31,35)(H,32,36)(H,33,34)/t17-,22+,24+,28-/m0/s1. The number of carbonyl (C=O) groups excluding carboxylic acids is 2. The third-order valence-corrected chi connectivity index (χ3v) is 8.58. The molecule has 1 aliphatic heterocycles. The highest BCUT2D eigenvalue weighted by atomic mass is 35.5. The first-order chi connectivity index (χ1) is 17.6. The molecule has 2 aliphatic rings. The van der Waals surface area contributed by atoms with Gasteiger partial charge in [0.25, 0.3) is 0 Å². The van der Waals surface area contributed by atoms with Gasteiger partial charge in [-0.3, -0.25) is 14.4 Å². The molecule has 4 rings (SSSR count). The van der Waals surface area contributed by atoms with Crippen molar-refractivity contribution in [2.24, 2.45) is 22.5 Å². The molecule has 0 radical (unpaired) electrons. The maximum Gasteiger partial charge on any atom is 0.304 e. The van der Waals surface area contributed by atoms with Crippen LogP contribution in [0.5, 0.6) is 0 Å². The summed E-state index contributed by atoms with van der Waals surface area (Å²) in [4.78, 5) is 37.4. The molecule has 0 aromatic heterocycles. The normalized spacial score (nSPS) is 25.2. The Kier molecular flexibility index (Phi) is 8.17. The lowest BCUT2D eigenvalue weighted by Crippen LogP contribution is -2.54. The summed E-state index contributed by atoms with van der Waals surface area (Å²) in [5.74, 6) is -2.21. The van der Waals surface area contributed by atoms with Gasteiger partial charge in [0, 0.05) is 22.6 Å². The van der Waals surface area contributed by atoms with Gasteiger partial charge in [0.05, 0.1) is 29.9 Å². The molecule has 0 bridgehead atoms. The van der Waals surface area contributed by atoms with Gasteiger partial charge in [-0.1, -0.05) is 54.4 Å². The van der Waals surface area contributed by atoms with Crippen molar-refractivity contribution >= 4 is 41.0 Å². The van der Waals surface area contributed by atoms with Gasteiger partial charge in [-0.25, -0.2) is 0 Å². The molecule has 1 aliphatic carbocycles. The molecule has 198 valence electrons. The molecule has 1 saturated carbocycles. The molecule has 2 aromatic carbocycles. The fourth-order valence-corrected chi connectivity index (χ4v) is 5.78. The van der Waals surface area contributed by atoms with E-state index in [0.29, 0.717) is 29.5 Å². The fourth-order valence-electron chi connectivity index (χ4n) is 5.46. The molecular weight excluding hydrogens is 515 g/mol. The Labute approximate surface area is 226 Å². The summed E-state index contributed by atoms with van der Waals surface area (Å²) in [6.45, 7) is 2.44. The molecular formula is C28H32Cl2N2O5. The Morgan fingerprint density at radius 3 is 2.43 bits per heavy atom. The van der Waals surface area contributed by atoms with E-state index in [1.807, 2.05) is 37.3 Å². The Hall–Kier alpha value is -2.61. The maximum atomic E-state index is 13.8. The van der Waals surface area contributed by atoms with E-state index in [9.17, 15) is 19.5 Å². The second-order valence-electron chi connectivity index (χ2n) is 10.5. The third-order valence-electron chi connectivity index (χ3n) is 8.09. The number of hydrogen-bond donors (Lipinski definition) is 3. The molecule has 2 aromatic rings. The zero-order chi connectivity index (χ0) is 26.8. The Morgan fingerprint density at radius 1 is 1.14 bits per heavy atom. The van der Waals surface area contributed by atoms with Crippen LogP contribution in [-0.2, 0) is 19.1 Å². The van der Waals surface area contributed by atoms with Gasteiger partial charge in [0.2, 0.25) is 11.8 Å². The number of hydrogen-bond acceptors (Lipinski definition) is 4. The summed E-state index contributed by atoms with van der Waals surface area (Å²) in [6.07, 6.45) is 1.91. The highest BCUT2D eigenvalue weighted by Crippen LogP contribution is 2.51. The molecule has 4 N–H and O–H groups in total. The average molecular weight is 547 g/mol. The number of halogens is 2. The summed E-state index contributed by atoms with van der Waals surface area (Å²) < 4.78 is 5.79. The lowest BCUT2D eigenvalue weighted by atomic mass is 9.61. The Balaban J connectivity index is 1.60. The highest BCUT2D eigenvalue weighted by Gasteiger charge is 2.52. The quantitative estimate of drug-likeness (QED) is 0.338. The van der Waals surface area contributed by atoms with Gasteiger partial charge in [-0.15, -0.1) is 0 Å². The molecule has 4 atom stereocenters. The number of nitrogens with one attached hydrogen (secondary N) is 1. The van der Waals surface area contributed by atoms with Crippen LogP contribution in [0.1, 0.15) is 62.1 Å². The van der Waals surface area contributed by atoms with E-state index in [1.165, 1.54) is 0 Å². The summed E-state index contributed by atoms with van der Waals surface area (Å²) in [7, 11) is 0. The molecule has 2 amide bonds. The number of nitrogens with two attached hydrogens (primary N) is 1. The van der Waals surface area contributed by atoms with Gasteiger partial charge in [-0.2, -0.15) is 0 Å². The van der Waals surface area contributed by atoms with E-state index < -0.39 is 16.8 Å². The van der Waals surface area contributed by atoms with Gasteiger partial charge < -0.3 is 20.9 Å². The number of ether oxygens (including phenoxy) is 1. The van der Waals surface area contributed by atoms with Crippen molar-refractivity contribution in [1.29, 1.82) is 0 Å². The minimum absolute atomic E-state index is 0.218. The number of primary amides is 1. The predicted octanol–water partition coefficient (Wildman–Crippen LogP) is 5.11. The minimum atomic E-state index is -1.16. The first-order valence-electron chi connectivity index (χ1n) is 12.5. The van der Waals surface area contributed by atoms with E-state index in [-0.39, 0.29) is 42.7 Å². The van der Waals surface area contributed by atoms with Gasteiger partial charge >= 0.3 is 5.97 Å². The summed E-state index contributed by atoms with van der Waals surface area (Å²) in [6, 6.07) is 14.4. The first kappa shape index (κ1) is 27.4. The van der Waals surface area contributed by atoms with Crippen LogP contribution in [0.4, 0.5) is 0 Å². The van der Waals surface area contributed by atoms with Crippen molar-refractivity contribution < 1.29 is 24.2 Å². The van der Waals surface area contributed by atoms with Gasteiger partial charge in [0.1, 0.15) is 0 Å². The van der Waals surface area contributed by atoms with E-state index in [0.717, 1.165) is 24.0 Å². The average Bonchev–Trinajstić information content (AvgIpc) is 3.64. The molecule has 0 spiro atoms. The van der Waals surface area contributed by atoms with Crippen molar-refractivity contribution in [1.82, 2.24) is 5.32 Å². The molecule has 7 nitrogen and oxygen atoms in total. The lowest BCUT2D eigenvalue weighted by molar-refractivity contribution is -0.152. The van der Waals surface area contributed by atoms with Crippen LogP contribution in [0.25, 0.3) is 0 Å². The van der Waals surface area contributed by atoms with Crippen LogP contribution in [-0.4, -0.2) is 36.1 Å². The Bertz CT molecular complexity index is 1170. The highest BCUT2D eigenvalue weighted by molar-refractivity contribution is 6.30. The Morgan fingerprint density at radius 2 is 1.84 bits per heavy atom. The topological polar surface area (TPSA) is 119 Å². The second-order valence-corrected chi connectivity index (χ2v) is 11.4. The van der Waals surface area contributed by atoms with Crippen LogP contribution < -0.4 is 11.1 Å². The molecule has 1 saturated heterocycles. The monoisotopic (exact) mass is 546 g/mol. The lowest BCUT2D eigenvalue weighted by Gasteiger charge is -2.47. The number of carboxylic acid groups (broad SMARTS) is 1. The summed E-state index contributed by atoms with van der Waals surface area (Å²) >= 11 is 12.4. The molecule has 9 heteroatoms. The minimum Gasteiger partial charge on any atom is -0.481 e. The number of carbonyl (C=O) groups is 3. The zero-order valence-corrected chi connectivity index (χ0v) is 22.2. The predicted molar refractivity (Wildman–Crippen MR) is 141 cm³/mol. The smallest absolute Gasteiger partial charge is 0.304 e. The molecule has 0 unspecified atom stereocenters. The zero-order valence-electron chi connectivity index (χ0n) is 20.7. The van der Waals surface area contributed by atoms with E-state index >= 15 is 0 Å². The second kappa shape index (κ2) is 11.0. The van der Waals surface area contributed by atoms with E-state index in [2.05, 4.69) is 5.32 Å². The van der Waals surface area contributed by atoms with Crippen LogP contribution in [0.3, 0.4) is 0 Å². The van der Waals surface area contributed by atoms with Crippen LogP contribution in [0.2, 0.25) is 10.0 Å². The van der Waals surface area contributed by atoms with Crippen LogP contribution in [0, 0.1) is 16.7 Å².